The van der Waals surface area contributed by atoms with Gasteiger partial charge in [0.05, 0.1) is 6.54 Å². The van der Waals surface area contributed by atoms with Crippen molar-refractivity contribution >= 4 is 0 Å². The molecule has 0 saturated carbocycles. The molecule has 1 aliphatic rings. The van der Waals surface area contributed by atoms with Crippen LogP contribution in [0.25, 0.3) is 11.6 Å². The largest absolute Gasteiger partial charge is 0.339 e. The van der Waals surface area contributed by atoms with Gasteiger partial charge in [-0.05, 0) is 44.8 Å². The molecule has 0 N–H and O–H groups in total. The Morgan fingerprint density at radius 3 is 2.74 bits per heavy atom. The number of likely N-dealkylation sites (tertiary alicyclic amines) is 1. The fraction of sp³-hybridized carbons (Fsp3) is 0.600. The molecule has 0 amide bonds. The fourth-order valence-electron chi connectivity index (χ4n) is 2.80. The molecule has 8 heteroatoms. The number of halogens is 2. The first-order valence-electron chi connectivity index (χ1n) is 7.73. The van der Waals surface area contributed by atoms with Gasteiger partial charge in [0.1, 0.15) is 0 Å². The first kappa shape index (κ1) is 15.9. The van der Waals surface area contributed by atoms with Crippen LogP contribution in [0, 0.1) is 12.8 Å². The molecule has 1 aliphatic heterocycles. The Bertz CT molecular complexity index is 640. The van der Waals surface area contributed by atoms with Gasteiger partial charge in [-0.15, -0.1) is 0 Å². The Balaban J connectivity index is 1.56. The Morgan fingerprint density at radius 1 is 1.26 bits per heavy atom. The highest BCUT2D eigenvalue weighted by Gasteiger charge is 2.23. The van der Waals surface area contributed by atoms with Crippen molar-refractivity contribution in [2.45, 2.75) is 32.6 Å². The van der Waals surface area contributed by atoms with Gasteiger partial charge in [-0.3, -0.25) is 4.90 Å². The molecule has 124 valence electrons. The number of aromatic nitrogens is 4. The van der Waals surface area contributed by atoms with Gasteiger partial charge in [0.2, 0.25) is 17.5 Å². The van der Waals surface area contributed by atoms with E-state index in [1.54, 1.807) is 17.2 Å². The van der Waals surface area contributed by atoms with Crippen LogP contribution in [0.4, 0.5) is 8.78 Å². The number of alkyl halides is 2. The molecule has 0 unspecified atom stereocenters. The highest BCUT2D eigenvalue weighted by atomic mass is 19.3. The van der Waals surface area contributed by atoms with Crippen molar-refractivity contribution in [3.63, 3.8) is 0 Å². The standard InChI is InChI=1S/C15H19F2N5O/c1-10-2-5-18-14(19-10)15-20-13(23-21-15)8-11-3-6-22(7-4-11)9-12(16)17/h2,5,11-12H,3-4,6-9H2,1H3. The molecular weight excluding hydrogens is 304 g/mol. The lowest BCUT2D eigenvalue weighted by Gasteiger charge is -2.30. The van der Waals surface area contributed by atoms with Crippen molar-refractivity contribution in [1.82, 2.24) is 25.0 Å². The summed E-state index contributed by atoms with van der Waals surface area (Å²) in [6.07, 6.45) is 1.80. The molecule has 2 aromatic heterocycles. The molecule has 0 atom stereocenters. The Hall–Kier alpha value is -1.96. The van der Waals surface area contributed by atoms with Crippen LogP contribution < -0.4 is 0 Å². The summed E-state index contributed by atoms with van der Waals surface area (Å²) in [6.45, 7) is 3.12. The maximum Gasteiger partial charge on any atom is 0.251 e. The van der Waals surface area contributed by atoms with Crippen molar-refractivity contribution in [1.29, 1.82) is 0 Å². The van der Waals surface area contributed by atoms with Gasteiger partial charge in [0, 0.05) is 18.3 Å². The van der Waals surface area contributed by atoms with E-state index >= 15 is 0 Å². The summed E-state index contributed by atoms with van der Waals surface area (Å²) >= 11 is 0. The minimum absolute atomic E-state index is 0.137. The number of rotatable bonds is 5. The summed E-state index contributed by atoms with van der Waals surface area (Å²) in [6, 6.07) is 1.80. The second kappa shape index (κ2) is 7.08. The first-order valence-corrected chi connectivity index (χ1v) is 7.73. The molecule has 1 fully saturated rings. The summed E-state index contributed by atoms with van der Waals surface area (Å²) in [4.78, 5) is 14.6. The number of aryl methyl sites for hydroxylation is 1. The van der Waals surface area contributed by atoms with Crippen LogP contribution in [-0.2, 0) is 6.42 Å². The summed E-state index contributed by atoms with van der Waals surface area (Å²) in [7, 11) is 0. The van der Waals surface area contributed by atoms with E-state index in [4.69, 9.17) is 4.52 Å². The van der Waals surface area contributed by atoms with Crippen LogP contribution in [-0.4, -0.2) is 51.1 Å². The minimum atomic E-state index is -2.26. The highest BCUT2D eigenvalue weighted by Crippen LogP contribution is 2.22. The molecule has 1 saturated heterocycles. The second-order valence-electron chi connectivity index (χ2n) is 5.87. The van der Waals surface area contributed by atoms with Crippen LogP contribution in [0.5, 0.6) is 0 Å². The molecule has 6 nitrogen and oxygen atoms in total. The summed E-state index contributed by atoms with van der Waals surface area (Å²) in [5.74, 6) is 1.78. The fourth-order valence-corrected chi connectivity index (χ4v) is 2.80. The zero-order chi connectivity index (χ0) is 16.2. The van der Waals surface area contributed by atoms with Crippen molar-refractivity contribution in [2.24, 2.45) is 5.92 Å². The van der Waals surface area contributed by atoms with Gasteiger partial charge < -0.3 is 4.52 Å². The van der Waals surface area contributed by atoms with Crippen molar-refractivity contribution in [2.75, 3.05) is 19.6 Å². The topological polar surface area (TPSA) is 67.9 Å². The summed E-state index contributed by atoms with van der Waals surface area (Å²) in [5.41, 5.74) is 0.841. The average molecular weight is 323 g/mol. The normalized spacial score (nSPS) is 17.0. The first-order chi connectivity index (χ1) is 11.1. The highest BCUT2D eigenvalue weighted by molar-refractivity contribution is 5.41. The van der Waals surface area contributed by atoms with Gasteiger partial charge >= 0.3 is 0 Å². The van der Waals surface area contributed by atoms with Crippen LogP contribution in [0.15, 0.2) is 16.8 Å². The lowest BCUT2D eigenvalue weighted by molar-refractivity contribution is 0.0681. The maximum absolute atomic E-state index is 12.4. The van der Waals surface area contributed by atoms with E-state index in [-0.39, 0.29) is 6.54 Å². The van der Waals surface area contributed by atoms with Crippen LogP contribution in [0.2, 0.25) is 0 Å². The SMILES string of the molecule is Cc1ccnc(-c2noc(CC3CCN(CC(F)F)CC3)n2)n1. The molecule has 0 bridgehead atoms. The van der Waals surface area contributed by atoms with E-state index in [1.807, 2.05) is 6.92 Å². The van der Waals surface area contributed by atoms with Crippen LogP contribution in [0.1, 0.15) is 24.4 Å². The predicted octanol–water partition coefficient (Wildman–Crippen LogP) is 2.35. The average Bonchev–Trinajstić information content (AvgIpc) is 2.97. The van der Waals surface area contributed by atoms with Crippen LogP contribution >= 0.6 is 0 Å². The Morgan fingerprint density at radius 2 is 2.04 bits per heavy atom. The predicted molar refractivity (Wildman–Crippen MR) is 78.9 cm³/mol. The van der Waals surface area contributed by atoms with E-state index in [0.717, 1.165) is 18.5 Å². The molecular formula is C15H19F2N5O. The quantitative estimate of drug-likeness (QED) is 0.841. The van der Waals surface area contributed by atoms with Gasteiger partial charge in [0.25, 0.3) is 6.43 Å². The van der Waals surface area contributed by atoms with Crippen molar-refractivity contribution in [3.8, 4) is 11.6 Å². The smallest absolute Gasteiger partial charge is 0.251 e. The van der Waals surface area contributed by atoms with E-state index in [9.17, 15) is 8.78 Å². The zero-order valence-corrected chi connectivity index (χ0v) is 13.0. The number of hydrogen-bond acceptors (Lipinski definition) is 6. The number of nitrogens with zero attached hydrogens (tertiary/aromatic N) is 5. The van der Waals surface area contributed by atoms with E-state index in [1.165, 1.54) is 0 Å². The molecule has 0 spiro atoms. The lowest BCUT2D eigenvalue weighted by atomic mass is 9.93. The van der Waals surface area contributed by atoms with Gasteiger partial charge in [0.15, 0.2) is 0 Å². The van der Waals surface area contributed by atoms with E-state index in [2.05, 4.69) is 20.1 Å². The van der Waals surface area contributed by atoms with Gasteiger partial charge in [-0.1, -0.05) is 5.16 Å². The van der Waals surface area contributed by atoms with E-state index in [0.29, 0.717) is 43.0 Å². The Labute approximate surface area is 132 Å². The summed E-state index contributed by atoms with van der Waals surface area (Å²) < 4.78 is 30.0. The van der Waals surface area contributed by atoms with Gasteiger partial charge in [-0.25, -0.2) is 18.7 Å². The third-order valence-electron chi connectivity index (χ3n) is 4.03. The molecule has 2 aromatic rings. The van der Waals surface area contributed by atoms with Crippen molar-refractivity contribution < 1.29 is 13.3 Å². The third-order valence-corrected chi connectivity index (χ3v) is 4.03. The van der Waals surface area contributed by atoms with Crippen molar-refractivity contribution in [3.05, 3.63) is 23.8 Å². The maximum atomic E-state index is 12.4. The molecule has 3 rings (SSSR count). The zero-order valence-electron chi connectivity index (χ0n) is 13.0. The molecule has 0 radical (unpaired) electrons. The lowest BCUT2D eigenvalue weighted by Crippen LogP contribution is -2.37. The molecule has 23 heavy (non-hydrogen) atoms. The second-order valence-corrected chi connectivity index (χ2v) is 5.87. The number of hydrogen-bond donors (Lipinski definition) is 0. The molecule has 0 aliphatic carbocycles. The Kier molecular flexibility index (Phi) is 4.90. The molecule has 0 aromatic carbocycles. The number of piperidine rings is 1. The molecule has 3 heterocycles. The minimum Gasteiger partial charge on any atom is -0.339 e. The summed E-state index contributed by atoms with van der Waals surface area (Å²) in [5, 5.41) is 3.93. The van der Waals surface area contributed by atoms with Gasteiger partial charge in [-0.2, -0.15) is 4.98 Å². The van der Waals surface area contributed by atoms with E-state index < -0.39 is 6.43 Å². The monoisotopic (exact) mass is 323 g/mol. The third kappa shape index (κ3) is 4.28. The van der Waals surface area contributed by atoms with Crippen LogP contribution in [0.3, 0.4) is 0 Å².